The van der Waals surface area contributed by atoms with Gasteiger partial charge in [-0.3, -0.25) is 4.90 Å². The Morgan fingerprint density at radius 1 is 1.20 bits per heavy atom. The van der Waals surface area contributed by atoms with Gasteiger partial charge in [-0.05, 0) is 30.8 Å². The first-order valence-electron chi connectivity index (χ1n) is 6.29. The van der Waals surface area contributed by atoms with Gasteiger partial charge in [0.15, 0.2) is 0 Å². The molecule has 0 saturated carbocycles. The lowest BCUT2D eigenvalue weighted by atomic mass is 10.2. The fraction of sp³-hybridized carbons (Fsp3) is 0.250. The van der Waals surface area contributed by atoms with Crippen LogP contribution < -0.4 is 0 Å². The van der Waals surface area contributed by atoms with Gasteiger partial charge in [0.1, 0.15) is 6.61 Å². The van der Waals surface area contributed by atoms with Crippen LogP contribution in [0.1, 0.15) is 15.3 Å². The van der Waals surface area contributed by atoms with E-state index in [1.54, 1.807) is 11.3 Å². The number of hydrogen-bond donors (Lipinski definition) is 1. The van der Waals surface area contributed by atoms with Crippen molar-refractivity contribution in [1.82, 2.24) is 4.90 Å². The van der Waals surface area contributed by atoms with Gasteiger partial charge in [0, 0.05) is 23.0 Å². The Morgan fingerprint density at radius 3 is 2.75 bits per heavy atom. The van der Waals surface area contributed by atoms with Crippen molar-refractivity contribution in [3.63, 3.8) is 0 Å². The molecule has 0 aliphatic heterocycles. The van der Waals surface area contributed by atoms with Crippen molar-refractivity contribution in [2.75, 3.05) is 13.7 Å². The fourth-order valence-electron chi connectivity index (χ4n) is 1.90. The molecule has 4 heteroatoms. The Kier molecular flexibility index (Phi) is 5.63. The molecule has 0 fully saturated rings. The molecule has 1 aromatic carbocycles. The molecular weight excluding hydrogens is 290 g/mol. The molecule has 2 aromatic rings. The Morgan fingerprint density at radius 2 is 2.00 bits per heavy atom. The summed E-state index contributed by atoms with van der Waals surface area (Å²) in [5.74, 6) is 5.59. The maximum Gasteiger partial charge on any atom is 0.104 e. The molecule has 1 heterocycles. The number of benzene rings is 1. The maximum atomic E-state index is 8.68. The summed E-state index contributed by atoms with van der Waals surface area (Å²) in [7, 11) is 2.07. The molecule has 0 aliphatic carbocycles. The number of rotatable bonds is 4. The molecule has 20 heavy (non-hydrogen) atoms. The van der Waals surface area contributed by atoms with Crippen LogP contribution in [0, 0.1) is 11.8 Å². The smallest absolute Gasteiger partial charge is 0.104 e. The highest BCUT2D eigenvalue weighted by Crippen LogP contribution is 2.20. The van der Waals surface area contributed by atoms with Crippen LogP contribution in [0.15, 0.2) is 36.4 Å². The van der Waals surface area contributed by atoms with Gasteiger partial charge in [-0.1, -0.05) is 41.6 Å². The van der Waals surface area contributed by atoms with Crippen molar-refractivity contribution in [2.24, 2.45) is 0 Å². The van der Waals surface area contributed by atoms with Crippen molar-refractivity contribution >= 4 is 22.9 Å². The van der Waals surface area contributed by atoms with Gasteiger partial charge in [-0.25, -0.2) is 0 Å². The summed E-state index contributed by atoms with van der Waals surface area (Å²) < 4.78 is 0. The predicted octanol–water partition coefficient (Wildman–Crippen LogP) is 3.38. The van der Waals surface area contributed by atoms with Gasteiger partial charge in [-0.15, -0.1) is 11.3 Å². The molecule has 104 valence electrons. The average molecular weight is 306 g/mol. The number of aliphatic hydroxyl groups excluding tert-OH is 1. The van der Waals surface area contributed by atoms with E-state index in [2.05, 4.69) is 29.9 Å². The summed E-state index contributed by atoms with van der Waals surface area (Å²) in [5, 5.41) is 9.49. The third-order valence-corrected chi connectivity index (χ3v) is 4.13. The second kappa shape index (κ2) is 7.47. The first kappa shape index (κ1) is 15.1. The standard InChI is InChI=1S/C16H16ClNOS/c1-18(11-13-5-2-3-7-16(13)17)12-15-9-8-14(20-15)6-4-10-19/h2-3,5,7-9,19H,10-12H2,1H3. The molecule has 0 bridgehead atoms. The molecule has 1 N–H and O–H groups in total. The minimum Gasteiger partial charge on any atom is -0.384 e. The third kappa shape index (κ3) is 4.36. The second-order valence-corrected chi connectivity index (χ2v) is 6.07. The summed E-state index contributed by atoms with van der Waals surface area (Å²) in [6.07, 6.45) is 0. The van der Waals surface area contributed by atoms with E-state index in [1.165, 1.54) is 4.88 Å². The normalized spacial score (nSPS) is 10.4. The number of halogens is 1. The van der Waals surface area contributed by atoms with E-state index in [-0.39, 0.29) is 6.61 Å². The minimum atomic E-state index is -0.0976. The van der Waals surface area contributed by atoms with Crippen LogP contribution >= 0.6 is 22.9 Å². The van der Waals surface area contributed by atoms with E-state index >= 15 is 0 Å². The first-order valence-corrected chi connectivity index (χ1v) is 7.49. The maximum absolute atomic E-state index is 8.68. The molecule has 0 spiro atoms. The Hall–Kier alpha value is -1.31. The van der Waals surface area contributed by atoms with Crippen molar-refractivity contribution in [3.05, 3.63) is 56.7 Å². The van der Waals surface area contributed by atoms with E-state index in [0.29, 0.717) is 0 Å². The van der Waals surface area contributed by atoms with E-state index in [0.717, 1.165) is 28.6 Å². The molecule has 0 radical (unpaired) electrons. The molecular formula is C16H16ClNOS. The van der Waals surface area contributed by atoms with E-state index in [1.807, 2.05) is 30.3 Å². The Labute approximate surface area is 128 Å². The van der Waals surface area contributed by atoms with Crippen LogP contribution in [0.25, 0.3) is 0 Å². The first-order chi connectivity index (χ1) is 9.69. The minimum absolute atomic E-state index is 0.0976. The topological polar surface area (TPSA) is 23.5 Å². The molecule has 0 saturated heterocycles. The molecule has 2 rings (SSSR count). The summed E-state index contributed by atoms with van der Waals surface area (Å²) in [5.41, 5.74) is 1.13. The van der Waals surface area contributed by atoms with E-state index in [4.69, 9.17) is 16.7 Å². The highest BCUT2D eigenvalue weighted by atomic mass is 35.5. The largest absolute Gasteiger partial charge is 0.384 e. The predicted molar refractivity (Wildman–Crippen MR) is 84.9 cm³/mol. The van der Waals surface area contributed by atoms with Crippen LogP contribution in [0.5, 0.6) is 0 Å². The van der Waals surface area contributed by atoms with Crippen molar-refractivity contribution in [2.45, 2.75) is 13.1 Å². The quantitative estimate of drug-likeness (QED) is 0.875. The van der Waals surface area contributed by atoms with Gasteiger partial charge in [0.05, 0.1) is 4.88 Å². The number of aliphatic hydroxyl groups is 1. The number of hydrogen-bond acceptors (Lipinski definition) is 3. The van der Waals surface area contributed by atoms with E-state index in [9.17, 15) is 0 Å². The SMILES string of the molecule is CN(Cc1ccc(C#CCO)s1)Cc1ccccc1Cl. The third-order valence-electron chi connectivity index (χ3n) is 2.78. The molecule has 0 unspecified atom stereocenters. The van der Waals surface area contributed by atoms with Gasteiger partial charge in [0.2, 0.25) is 0 Å². The fourth-order valence-corrected chi connectivity index (χ4v) is 3.05. The van der Waals surface area contributed by atoms with Crippen LogP contribution in [0.3, 0.4) is 0 Å². The summed E-state index contributed by atoms with van der Waals surface area (Å²) in [4.78, 5) is 4.46. The lowest BCUT2D eigenvalue weighted by Crippen LogP contribution is -2.16. The second-order valence-electron chi connectivity index (χ2n) is 4.49. The van der Waals surface area contributed by atoms with Gasteiger partial charge >= 0.3 is 0 Å². The van der Waals surface area contributed by atoms with Gasteiger partial charge in [0.25, 0.3) is 0 Å². The van der Waals surface area contributed by atoms with Gasteiger partial charge < -0.3 is 5.11 Å². The zero-order chi connectivity index (χ0) is 14.4. The number of thiophene rings is 1. The highest BCUT2D eigenvalue weighted by Gasteiger charge is 2.06. The Bertz CT molecular complexity index is 627. The van der Waals surface area contributed by atoms with Crippen molar-refractivity contribution in [3.8, 4) is 11.8 Å². The monoisotopic (exact) mass is 305 g/mol. The summed E-state index contributed by atoms with van der Waals surface area (Å²) in [6, 6.07) is 12.0. The lowest BCUT2D eigenvalue weighted by Gasteiger charge is -2.16. The molecule has 0 amide bonds. The Balaban J connectivity index is 1.96. The summed E-state index contributed by atoms with van der Waals surface area (Å²) >= 11 is 7.82. The van der Waals surface area contributed by atoms with E-state index < -0.39 is 0 Å². The zero-order valence-electron chi connectivity index (χ0n) is 11.3. The van der Waals surface area contributed by atoms with Crippen LogP contribution in [-0.2, 0) is 13.1 Å². The lowest BCUT2D eigenvalue weighted by molar-refractivity contribution is 0.322. The van der Waals surface area contributed by atoms with Crippen LogP contribution in [-0.4, -0.2) is 23.7 Å². The average Bonchev–Trinajstić information content (AvgIpc) is 2.86. The van der Waals surface area contributed by atoms with Crippen molar-refractivity contribution < 1.29 is 5.11 Å². The molecule has 0 atom stereocenters. The zero-order valence-corrected chi connectivity index (χ0v) is 12.8. The summed E-state index contributed by atoms with van der Waals surface area (Å²) in [6.45, 7) is 1.57. The highest BCUT2D eigenvalue weighted by molar-refractivity contribution is 7.12. The van der Waals surface area contributed by atoms with Crippen LogP contribution in [0.2, 0.25) is 5.02 Å². The van der Waals surface area contributed by atoms with Crippen LogP contribution in [0.4, 0.5) is 0 Å². The molecule has 2 nitrogen and oxygen atoms in total. The van der Waals surface area contributed by atoms with Gasteiger partial charge in [-0.2, -0.15) is 0 Å². The van der Waals surface area contributed by atoms with Crippen molar-refractivity contribution in [1.29, 1.82) is 0 Å². The number of nitrogens with zero attached hydrogens (tertiary/aromatic N) is 1. The molecule has 0 aliphatic rings. The molecule has 1 aromatic heterocycles.